The summed E-state index contributed by atoms with van der Waals surface area (Å²) in [6, 6.07) is 9.89. The van der Waals surface area contributed by atoms with Gasteiger partial charge in [0.25, 0.3) is 0 Å². The van der Waals surface area contributed by atoms with E-state index in [4.69, 9.17) is 11.5 Å². The van der Waals surface area contributed by atoms with Crippen LogP contribution in [-0.2, 0) is 36.8 Å². The number of aromatic hydroxyl groups is 1. The SMILES string of the molecule is CC(C)C[C@H](NC(=O)[C@@H](N)CC(N)=O)C(=O)N[C@@H](Cc1ccc(O)cc1)C(=O)N[C@@H](Cc1ccccc1)C(=O)O. The van der Waals surface area contributed by atoms with Crippen LogP contribution in [0, 0.1) is 5.92 Å². The zero-order valence-corrected chi connectivity index (χ0v) is 22.5. The number of rotatable bonds is 15. The quantitative estimate of drug-likeness (QED) is 0.158. The van der Waals surface area contributed by atoms with E-state index in [2.05, 4.69) is 16.0 Å². The van der Waals surface area contributed by atoms with Gasteiger partial charge in [-0.25, -0.2) is 4.79 Å². The van der Waals surface area contributed by atoms with Crippen molar-refractivity contribution < 1.29 is 34.2 Å². The molecule has 2 aromatic rings. The molecule has 0 aliphatic heterocycles. The maximum Gasteiger partial charge on any atom is 0.326 e. The standard InChI is InChI=1S/C28H37N5O7/c1-16(2)12-21(31-25(36)20(29)15-24(30)35)26(37)32-22(13-18-8-10-19(34)11-9-18)27(38)33-23(28(39)40)14-17-6-4-3-5-7-17/h3-11,16,20-23,34H,12-15,29H2,1-2H3,(H2,30,35)(H,31,36)(H,32,37)(H,33,38)(H,39,40)/t20-,21-,22-,23-/m0/s1. The number of phenolic OH excluding ortho intramolecular Hbond substituents is 1. The first-order chi connectivity index (χ1) is 18.8. The van der Waals surface area contributed by atoms with Crippen molar-refractivity contribution in [3.05, 3.63) is 65.7 Å². The van der Waals surface area contributed by atoms with Crippen molar-refractivity contribution in [1.82, 2.24) is 16.0 Å². The maximum absolute atomic E-state index is 13.4. The third-order valence-electron chi connectivity index (χ3n) is 6.00. The van der Waals surface area contributed by atoms with Gasteiger partial charge in [-0.05, 0) is 35.6 Å². The van der Waals surface area contributed by atoms with E-state index in [1.165, 1.54) is 12.1 Å². The van der Waals surface area contributed by atoms with Gasteiger partial charge in [-0.1, -0.05) is 56.3 Å². The van der Waals surface area contributed by atoms with Crippen LogP contribution >= 0.6 is 0 Å². The van der Waals surface area contributed by atoms with E-state index in [-0.39, 0.29) is 30.9 Å². The second-order valence-corrected chi connectivity index (χ2v) is 9.99. The lowest BCUT2D eigenvalue weighted by Gasteiger charge is -2.26. The Labute approximate surface area is 232 Å². The van der Waals surface area contributed by atoms with Crippen molar-refractivity contribution >= 4 is 29.6 Å². The minimum atomic E-state index is -1.27. The number of hydrogen-bond acceptors (Lipinski definition) is 7. The molecule has 0 aliphatic carbocycles. The number of nitrogens with two attached hydrogens (primary N) is 2. The molecule has 0 aromatic heterocycles. The molecule has 12 heteroatoms. The van der Waals surface area contributed by atoms with E-state index in [0.717, 1.165) is 0 Å². The zero-order chi connectivity index (χ0) is 29.8. The average molecular weight is 556 g/mol. The van der Waals surface area contributed by atoms with E-state index in [9.17, 15) is 34.2 Å². The Morgan fingerprint density at radius 1 is 0.750 bits per heavy atom. The first-order valence-corrected chi connectivity index (χ1v) is 12.8. The number of hydrogen-bond donors (Lipinski definition) is 7. The van der Waals surface area contributed by atoms with Crippen molar-refractivity contribution in [2.75, 3.05) is 0 Å². The molecule has 40 heavy (non-hydrogen) atoms. The predicted molar refractivity (Wildman–Crippen MR) is 147 cm³/mol. The van der Waals surface area contributed by atoms with Crippen LogP contribution < -0.4 is 27.4 Å². The lowest BCUT2D eigenvalue weighted by atomic mass is 10.00. The molecule has 0 unspecified atom stereocenters. The first kappa shape index (κ1) is 31.8. The Hall–Kier alpha value is -4.45. The van der Waals surface area contributed by atoms with Gasteiger partial charge in [-0.2, -0.15) is 0 Å². The lowest BCUT2D eigenvalue weighted by Crippen LogP contribution is -2.58. The van der Waals surface area contributed by atoms with Crippen LogP contribution in [0.1, 0.15) is 37.8 Å². The summed E-state index contributed by atoms with van der Waals surface area (Å²) in [6.45, 7) is 3.66. The molecule has 12 nitrogen and oxygen atoms in total. The third kappa shape index (κ3) is 10.7. The molecule has 0 bridgehead atoms. The van der Waals surface area contributed by atoms with Gasteiger partial charge in [0.1, 0.15) is 23.9 Å². The van der Waals surface area contributed by atoms with Crippen LogP contribution in [0.4, 0.5) is 0 Å². The highest BCUT2D eigenvalue weighted by Gasteiger charge is 2.31. The monoisotopic (exact) mass is 555 g/mol. The number of primary amides is 1. The maximum atomic E-state index is 13.4. The smallest absolute Gasteiger partial charge is 0.326 e. The minimum absolute atomic E-state index is 0.00889. The van der Waals surface area contributed by atoms with Crippen molar-refractivity contribution in [2.24, 2.45) is 17.4 Å². The molecule has 0 saturated heterocycles. The van der Waals surface area contributed by atoms with E-state index in [1.807, 2.05) is 13.8 Å². The van der Waals surface area contributed by atoms with Crippen molar-refractivity contribution in [1.29, 1.82) is 0 Å². The number of aliphatic carboxylic acids is 1. The molecule has 0 saturated carbocycles. The molecule has 0 fully saturated rings. The number of amides is 4. The normalized spacial score (nSPS) is 13.9. The van der Waals surface area contributed by atoms with Crippen LogP contribution in [-0.4, -0.2) is 64.0 Å². The van der Waals surface area contributed by atoms with Gasteiger partial charge in [-0.3, -0.25) is 19.2 Å². The highest BCUT2D eigenvalue weighted by molar-refractivity contribution is 5.95. The molecule has 0 spiro atoms. The summed E-state index contributed by atoms with van der Waals surface area (Å²) < 4.78 is 0. The van der Waals surface area contributed by atoms with Crippen molar-refractivity contribution in [2.45, 2.75) is 63.7 Å². The molecular formula is C28H37N5O7. The molecule has 0 aliphatic rings. The Balaban J connectivity index is 2.27. The molecule has 9 N–H and O–H groups in total. The number of carboxylic acids is 1. The summed E-state index contributed by atoms with van der Waals surface area (Å²) >= 11 is 0. The highest BCUT2D eigenvalue weighted by Crippen LogP contribution is 2.13. The highest BCUT2D eigenvalue weighted by atomic mass is 16.4. The number of nitrogens with one attached hydrogen (secondary N) is 3. The number of carbonyl (C=O) groups excluding carboxylic acids is 4. The summed E-state index contributed by atoms with van der Waals surface area (Å²) in [5.41, 5.74) is 12.1. The van der Waals surface area contributed by atoms with E-state index >= 15 is 0 Å². The van der Waals surface area contributed by atoms with Crippen molar-refractivity contribution in [3.63, 3.8) is 0 Å². The second kappa shape index (κ2) is 15.2. The second-order valence-electron chi connectivity index (χ2n) is 9.99. The molecule has 0 heterocycles. The number of benzene rings is 2. The molecule has 4 amide bonds. The van der Waals surface area contributed by atoms with Gasteiger partial charge in [0.2, 0.25) is 23.6 Å². The fourth-order valence-corrected chi connectivity index (χ4v) is 3.96. The van der Waals surface area contributed by atoms with E-state index in [0.29, 0.717) is 11.1 Å². The Morgan fingerprint density at radius 3 is 1.80 bits per heavy atom. The molecular weight excluding hydrogens is 518 g/mol. The minimum Gasteiger partial charge on any atom is -0.508 e. The van der Waals surface area contributed by atoms with Gasteiger partial charge in [-0.15, -0.1) is 0 Å². The summed E-state index contributed by atoms with van der Waals surface area (Å²) in [4.78, 5) is 62.3. The predicted octanol–water partition coefficient (Wildman–Crippen LogP) is -0.0348. The van der Waals surface area contributed by atoms with Crippen LogP contribution in [0.15, 0.2) is 54.6 Å². The Morgan fingerprint density at radius 2 is 1.25 bits per heavy atom. The molecule has 216 valence electrons. The molecule has 2 aromatic carbocycles. The third-order valence-corrected chi connectivity index (χ3v) is 6.00. The number of carbonyl (C=O) groups is 5. The summed E-state index contributed by atoms with van der Waals surface area (Å²) in [5.74, 6) is -4.26. The van der Waals surface area contributed by atoms with Crippen LogP contribution in [0.5, 0.6) is 5.75 Å². The van der Waals surface area contributed by atoms with Crippen LogP contribution in [0.25, 0.3) is 0 Å². The fourth-order valence-electron chi connectivity index (χ4n) is 3.96. The summed E-state index contributed by atoms with van der Waals surface area (Å²) in [7, 11) is 0. The molecule has 2 rings (SSSR count). The van der Waals surface area contributed by atoms with Gasteiger partial charge < -0.3 is 37.6 Å². The largest absolute Gasteiger partial charge is 0.508 e. The molecule has 0 radical (unpaired) electrons. The summed E-state index contributed by atoms with van der Waals surface area (Å²) in [6.07, 6.45) is -0.226. The zero-order valence-electron chi connectivity index (χ0n) is 22.5. The van der Waals surface area contributed by atoms with Gasteiger partial charge >= 0.3 is 5.97 Å². The number of carboxylic acid groups (broad SMARTS) is 1. The lowest BCUT2D eigenvalue weighted by molar-refractivity contribution is -0.142. The van der Waals surface area contributed by atoms with Crippen molar-refractivity contribution in [3.8, 4) is 5.75 Å². The topological polar surface area (TPSA) is 214 Å². The Kier molecular flexibility index (Phi) is 12.1. The summed E-state index contributed by atoms with van der Waals surface area (Å²) in [5, 5.41) is 27.0. The number of phenols is 1. The van der Waals surface area contributed by atoms with Gasteiger partial charge in [0.05, 0.1) is 12.5 Å². The fraction of sp³-hybridized carbons (Fsp3) is 0.393. The molecule has 4 atom stereocenters. The Bertz CT molecular complexity index is 1170. The van der Waals surface area contributed by atoms with E-state index < -0.39 is 60.2 Å². The first-order valence-electron chi connectivity index (χ1n) is 12.8. The van der Waals surface area contributed by atoms with Gasteiger partial charge in [0.15, 0.2) is 0 Å². The van der Waals surface area contributed by atoms with Crippen LogP contribution in [0.2, 0.25) is 0 Å². The van der Waals surface area contributed by atoms with E-state index in [1.54, 1.807) is 42.5 Å². The van der Waals surface area contributed by atoms with Crippen LogP contribution in [0.3, 0.4) is 0 Å². The van der Waals surface area contributed by atoms with Gasteiger partial charge in [0, 0.05) is 12.8 Å². The average Bonchev–Trinajstić information content (AvgIpc) is 2.88.